The molecule has 102 valence electrons. The smallest absolute Gasteiger partial charge is 0.00476 e. The summed E-state index contributed by atoms with van der Waals surface area (Å²) in [6.45, 7) is 7.35. The molecule has 0 bridgehead atoms. The quantitative estimate of drug-likeness (QED) is 0.755. The molecule has 1 aliphatic carbocycles. The van der Waals surface area contributed by atoms with Crippen molar-refractivity contribution < 1.29 is 0 Å². The van der Waals surface area contributed by atoms with Crippen LogP contribution < -0.4 is 0 Å². The van der Waals surface area contributed by atoms with Crippen molar-refractivity contribution in [2.24, 2.45) is 11.8 Å². The van der Waals surface area contributed by atoms with E-state index in [9.17, 15) is 0 Å². The molecule has 2 unspecified atom stereocenters. The van der Waals surface area contributed by atoms with Crippen molar-refractivity contribution in [1.82, 2.24) is 9.80 Å². The van der Waals surface area contributed by atoms with E-state index in [1.807, 2.05) is 0 Å². The molecule has 1 saturated heterocycles. The van der Waals surface area contributed by atoms with Gasteiger partial charge in [0.25, 0.3) is 0 Å². The Morgan fingerprint density at radius 3 is 2.94 bits per heavy atom. The van der Waals surface area contributed by atoms with Crippen LogP contribution in [0.5, 0.6) is 0 Å². The van der Waals surface area contributed by atoms with E-state index in [2.05, 4.69) is 49.0 Å². The molecule has 0 spiro atoms. The first kappa shape index (κ1) is 13.8. The predicted molar refractivity (Wildman–Crippen MR) is 78.7 cm³/mol. The number of hydrogen-bond donors (Lipinski definition) is 0. The summed E-state index contributed by atoms with van der Waals surface area (Å²) in [6.07, 6.45) is 10.9. The average molecular weight is 248 g/mol. The number of likely N-dealkylation sites (tertiary alicyclic amines) is 1. The van der Waals surface area contributed by atoms with Crippen molar-refractivity contribution in [2.45, 2.75) is 26.2 Å². The third-order valence-corrected chi connectivity index (χ3v) is 4.07. The molecular weight excluding hydrogens is 220 g/mol. The van der Waals surface area contributed by atoms with Crippen LogP contribution in [0.4, 0.5) is 0 Å². The lowest BCUT2D eigenvalue weighted by Gasteiger charge is -2.36. The first-order chi connectivity index (χ1) is 8.63. The number of allylic oxidation sites excluding steroid dienone is 3. The van der Waals surface area contributed by atoms with Crippen LogP contribution in [-0.4, -0.2) is 50.1 Å². The number of piperidine rings is 1. The zero-order valence-electron chi connectivity index (χ0n) is 12.2. The minimum absolute atomic E-state index is 0.744. The first-order valence-corrected chi connectivity index (χ1v) is 7.34. The summed E-state index contributed by atoms with van der Waals surface area (Å²) >= 11 is 0. The minimum Gasteiger partial charge on any atom is -0.309 e. The van der Waals surface area contributed by atoms with E-state index in [4.69, 9.17) is 0 Å². The zero-order valence-corrected chi connectivity index (χ0v) is 12.2. The Kier molecular flexibility index (Phi) is 5.02. The van der Waals surface area contributed by atoms with E-state index >= 15 is 0 Å². The molecule has 2 atom stereocenters. The Morgan fingerprint density at radius 1 is 1.39 bits per heavy atom. The highest BCUT2D eigenvalue weighted by molar-refractivity contribution is 5.18. The van der Waals surface area contributed by atoms with Gasteiger partial charge in [0.05, 0.1) is 0 Å². The van der Waals surface area contributed by atoms with Gasteiger partial charge >= 0.3 is 0 Å². The van der Waals surface area contributed by atoms with Crippen molar-refractivity contribution >= 4 is 0 Å². The summed E-state index contributed by atoms with van der Waals surface area (Å²) in [5.41, 5.74) is 1.53. The largest absolute Gasteiger partial charge is 0.309 e. The maximum absolute atomic E-state index is 2.69. The Morgan fingerprint density at radius 2 is 2.22 bits per heavy atom. The van der Waals surface area contributed by atoms with Gasteiger partial charge < -0.3 is 9.80 Å². The lowest BCUT2D eigenvalue weighted by atomic mass is 9.92. The summed E-state index contributed by atoms with van der Waals surface area (Å²) in [7, 11) is 4.38. The molecule has 0 N–H and O–H groups in total. The Balaban J connectivity index is 1.79. The third kappa shape index (κ3) is 4.25. The zero-order chi connectivity index (χ0) is 13.0. The Hall–Kier alpha value is -0.600. The van der Waals surface area contributed by atoms with Crippen LogP contribution in [0, 0.1) is 11.8 Å². The van der Waals surface area contributed by atoms with Crippen molar-refractivity contribution in [3.8, 4) is 0 Å². The van der Waals surface area contributed by atoms with Gasteiger partial charge in [0, 0.05) is 19.6 Å². The summed E-state index contributed by atoms with van der Waals surface area (Å²) in [5, 5.41) is 0. The predicted octanol–water partition coefficient (Wildman–Crippen LogP) is 2.78. The van der Waals surface area contributed by atoms with Gasteiger partial charge in [-0.3, -0.25) is 0 Å². The van der Waals surface area contributed by atoms with E-state index in [-0.39, 0.29) is 0 Å². The van der Waals surface area contributed by atoms with Crippen LogP contribution in [0.1, 0.15) is 26.2 Å². The second kappa shape index (κ2) is 6.53. The van der Waals surface area contributed by atoms with E-state index < -0.39 is 0 Å². The summed E-state index contributed by atoms with van der Waals surface area (Å²) < 4.78 is 0. The van der Waals surface area contributed by atoms with Crippen LogP contribution in [0.25, 0.3) is 0 Å². The minimum atomic E-state index is 0.744. The maximum atomic E-state index is 2.69. The average Bonchev–Trinajstić information content (AvgIpc) is 2.28. The molecule has 2 nitrogen and oxygen atoms in total. The van der Waals surface area contributed by atoms with Gasteiger partial charge in [-0.05, 0) is 58.7 Å². The molecule has 2 rings (SSSR count). The van der Waals surface area contributed by atoms with Crippen LogP contribution in [-0.2, 0) is 0 Å². The van der Waals surface area contributed by atoms with Gasteiger partial charge in [0.2, 0.25) is 0 Å². The second-order valence-corrected chi connectivity index (χ2v) is 6.39. The molecule has 0 saturated carbocycles. The fraction of sp³-hybridized carbons (Fsp3) is 0.750. The fourth-order valence-corrected chi connectivity index (χ4v) is 3.37. The Labute approximate surface area is 112 Å². The van der Waals surface area contributed by atoms with Crippen LogP contribution in [0.15, 0.2) is 23.8 Å². The van der Waals surface area contributed by atoms with Gasteiger partial charge in [0.15, 0.2) is 0 Å². The molecule has 0 radical (unpaired) electrons. The molecule has 0 aromatic heterocycles. The van der Waals surface area contributed by atoms with Crippen LogP contribution >= 0.6 is 0 Å². The van der Waals surface area contributed by atoms with Gasteiger partial charge in [-0.25, -0.2) is 0 Å². The van der Waals surface area contributed by atoms with Crippen molar-refractivity contribution in [3.05, 3.63) is 23.8 Å². The molecule has 1 aliphatic heterocycles. The third-order valence-electron chi connectivity index (χ3n) is 4.07. The van der Waals surface area contributed by atoms with Crippen LogP contribution in [0.3, 0.4) is 0 Å². The molecule has 2 heteroatoms. The maximum Gasteiger partial charge on any atom is 0.00476 e. The lowest BCUT2D eigenvalue weighted by molar-refractivity contribution is 0.140. The second-order valence-electron chi connectivity index (χ2n) is 6.39. The molecule has 0 aromatic rings. The van der Waals surface area contributed by atoms with E-state index in [1.165, 1.54) is 51.0 Å². The number of rotatable bonds is 4. The molecule has 0 aromatic carbocycles. The van der Waals surface area contributed by atoms with Gasteiger partial charge in [-0.1, -0.05) is 23.8 Å². The lowest BCUT2D eigenvalue weighted by Crippen LogP contribution is -2.41. The van der Waals surface area contributed by atoms with Gasteiger partial charge in [0.1, 0.15) is 0 Å². The molecule has 2 aliphatic rings. The van der Waals surface area contributed by atoms with Crippen molar-refractivity contribution in [2.75, 3.05) is 40.3 Å². The standard InChI is InChI=1S/C16H28N2/c1-14-6-4-7-15(10-14)12-18-9-5-8-16(13-18)11-17(2)3/h4,6-7,15-16H,5,8-13H2,1-3H3. The van der Waals surface area contributed by atoms with Crippen molar-refractivity contribution in [3.63, 3.8) is 0 Å². The monoisotopic (exact) mass is 248 g/mol. The molecule has 1 heterocycles. The molecule has 18 heavy (non-hydrogen) atoms. The van der Waals surface area contributed by atoms with E-state index in [0.29, 0.717) is 0 Å². The van der Waals surface area contributed by atoms with Crippen LogP contribution in [0.2, 0.25) is 0 Å². The summed E-state index contributed by atoms with van der Waals surface area (Å²) in [5.74, 6) is 1.62. The van der Waals surface area contributed by atoms with Gasteiger partial charge in [-0.15, -0.1) is 0 Å². The molecular formula is C16H28N2. The summed E-state index contributed by atoms with van der Waals surface area (Å²) in [6, 6.07) is 0. The Bertz CT molecular complexity index is 317. The number of nitrogens with zero attached hydrogens (tertiary/aromatic N) is 2. The van der Waals surface area contributed by atoms with E-state index in [1.54, 1.807) is 0 Å². The highest BCUT2D eigenvalue weighted by Gasteiger charge is 2.22. The summed E-state index contributed by atoms with van der Waals surface area (Å²) in [4.78, 5) is 5.02. The fourth-order valence-electron chi connectivity index (χ4n) is 3.37. The molecule has 1 fully saturated rings. The SMILES string of the molecule is CC1=CC=CC(CN2CCCC(CN(C)C)C2)C1. The van der Waals surface area contributed by atoms with E-state index in [0.717, 1.165) is 11.8 Å². The first-order valence-electron chi connectivity index (χ1n) is 7.34. The topological polar surface area (TPSA) is 6.48 Å². The number of hydrogen-bond acceptors (Lipinski definition) is 2. The molecule has 0 amide bonds. The highest BCUT2D eigenvalue weighted by Crippen LogP contribution is 2.23. The normalized spacial score (nSPS) is 29.7. The highest BCUT2D eigenvalue weighted by atomic mass is 15.1. The van der Waals surface area contributed by atoms with Crippen molar-refractivity contribution in [1.29, 1.82) is 0 Å². The van der Waals surface area contributed by atoms with Gasteiger partial charge in [-0.2, -0.15) is 0 Å².